The topological polar surface area (TPSA) is 3.24 Å². The second kappa shape index (κ2) is 11.5. The molecule has 6 rings (SSSR count). The fourth-order valence-electron chi connectivity index (χ4n) is 5.34. The molecular weight excluding hydrogens is 494 g/mol. The molecule has 0 radical (unpaired) electrons. The maximum absolute atomic E-state index is 4.08. The third kappa shape index (κ3) is 5.48. The van der Waals surface area contributed by atoms with E-state index in [2.05, 4.69) is 171 Å². The zero-order chi connectivity index (χ0) is 28.2. The first kappa shape index (κ1) is 26.1. The van der Waals surface area contributed by atoms with Crippen LogP contribution in [0.1, 0.15) is 16.7 Å². The van der Waals surface area contributed by atoms with Gasteiger partial charge in [0.05, 0.1) is 5.69 Å². The number of hydrogen-bond acceptors (Lipinski definition) is 1. The molecule has 0 aliphatic carbocycles. The van der Waals surface area contributed by atoms with E-state index in [0.717, 1.165) is 33.8 Å². The molecule has 0 atom stereocenters. The summed E-state index contributed by atoms with van der Waals surface area (Å²) in [6, 6.07) is 52.2. The second-order valence-corrected chi connectivity index (χ2v) is 10.5. The summed E-state index contributed by atoms with van der Waals surface area (Å²) in [6.07, 6.45) is 1.93. The molecule has 0 spiro atoms. The zero-order valence-corrected chi connectivity index (χ0v) is 23.6. The number of anilines is 3. The lowest BCUT2D eigenvalue weighted by Gasteiger charge is -2.28. The van der Waals surface area contributed by atoms with Crippen LogP contribution in [-0.2, 0) is 0 Å². The molecule has 0 saturated carbocycles. The van der Waals surface area contributed by atoms with Crippen LogP contribution in [0.15, 0.2) is 152 Å². The zero-order valence-electron chi connectivity index (χ0n) is 23.6. The minimum Gasteiger partial charge on any atom is -0.310 e. The van der Waals surface area contributed by atoms with Crippen molar-refractivity contribution < 1.29 is 0 Å². The third-order valence-corrected chi connectivity index (χ3v) is 7.64. The average Bonchev–Trinajstić information content (AvgIpc) is 3.03. The fraction of sp³-hybridized carbons (Fsp3) is 0.0500. The average molecular weight is 528 g/mol. The molecule has 1 heteroatoms. The van der Waals surface area contributed by atoms with Gasteiger partial charge in [0.25, 0.3) is 0 Å². The van der Waals surface area contributed by atoms with Crippen molar-refractivity contribution in [2.45, 2.75) is 13.8 Å². The summed E-state index contributed by atoms with van der Waals surface area (Å²) in [7, 11) is 0. The molecule has 0 amide bonds. The Bertz CT molecular complexity index is 1690. The molecule has 0 heterocycles. The van der Waals surface area contributed by atoms with E-state index in [1.54, 1.807) is 0 Å². The number of rotatable bonds is 7. The summed E-state index contributed by atoms with van der Waals surface area (Å²) in [4.78, 5) is 2.35. The van der Waals surface area contributed by atoms with E-state index in [4.69, 9.17) is 0 Å². The Morgan fingerprint density at radius 2 is 0.829 bits per heavy atom. The highest BCUT2D eigenvalue weighted by Gasteiger charge is 2.18. The predicted octanol–water partition coefficient (Wildman–Crippen LogP) is 11.4. The number of para-hydroxylation sites is 1. The lowest BCUT2D eigenvalue weighted by atomic mass is 9.96. The van der Waals surface area contributed by atoms with Crippen LogP contribution in [0.3, 0.4) is 0 Å². The summed E-state index contributed by atoms with van der Waals surface area (Å²) in [5.41, 5.74) is 14.1. The van der Waals surface area contributed by atoms with Crippen molar-refractivity contribution in [3.05, 3.63) is 169 Å². The predicted molar refractivity (Wildman–Crippen MR) is 177 cm³/mol. The van der Waals surface area contributed by atoms with Gasteiger partial charge < -0.3 is 4.90 Å². The highest BCUT2D eigenvalue weighted by atomic mass is 15.1. The molecule has 0 aromatic heterocycles. The van der Waals surface area contributed by atoms with E-state index in [-0.39, 0.29) is 0 Å². The molecule has 6 aromatic carbocycles. The highest BCUT2D eigenvalue weighted by Crippen LogP contribution is 2.42. The Balaban J connectivity index is 1.48. The Hall–Kier alpha value is -5.14. The van der Waals surface area contributed by atoms with Crippen molar-refractivity contribution in [3.8, 4) is 33.4 Å². The Labute approximate surface area is 243 Å². The number of aryl methyl sites for hydroxylation is 2. The van der Waals surface area contributed by atoms with Gasteiger partial charge in [-0.1, -0.05) is 139 Å². The van der Waals surface area contributed by atoms with Gasteiger partial charge in [0.15, 0.2) is 0 Å². The van der Waals surface area contributed by atoms with E-state index in [9.17, 15) is 0 Å². The highest BCUT2D eigenvalue weighted by molar-refractivity contribution is 5.91. The molecule has 0 aliphatic rings. The SMILES string of the molecule is C=Cc1ccccc1-c1ccccc1N(c1ccc(-c2ccc(C)cc2)cc1)c1ccc(-c2ccc(C)cc2)cc1. The molecule has 0 bridgehead atoms. The summed E-state index contributed by atoms with van der Waals surface area (Å²) >= 11 is 0. The number of nitrogens with zero attached hydrogens (tertiary/aromatic N) is 1. The van der Waals surface area contributed by atoms with Crippen LogP contribution in [0.2, 0.25) is 0 Å². The van der Waals surface area contributed by atoms with Crippen LogP contribution in [0.4, 0.5) is 17.1 Å². The number of benzene rings is 6. The van der Waals surface area contributed by atoms with E-state index in [0.29, 0.717) is 0 Å². The molecular formula is C40H33N. The Kier molecular flexibility index (Phi) is 7.34. The van der Waals surface area contributed by atoms with E-state index in [1.807, 2.05) is 6.08 Å². The molecule has 0 saturated heterocycles. The van der Waals surface area contributed by atoms with Crippen molar-refractivity contribution in [1.82, 2.24) is 0 Å². The lowest BCUT2D eigenvalue weighted by Crippen LogP contribution is -2.11. The quantitative estimate of drug-likeness (QED) is 0.199. The van der Waals surface area contributed by atoms with Crippen molar-refractivity contribution in [2.24, 2.45) is 0 Å². The van der Waals surface area contributed by atoms with E-state index in [1.165, 1.54) is 33.4 Å². The largest absolute Gasteiger partial charge is 0.310 e. The van der Waals surface area contributed by atoms with Crippen LogP contribution in [0.25, 0.3) is 39.5 Å². The van der Waals surface area contributed by atoms with Crippen LogP contribution in [0, 0.1) is 13.8 Å². The molecule has 6 aromatic rings. The van der Waals surface area contributed by atoms with Gasteiger partial charge in [-0.2, -0.15) is 0 Å². The molecule has 0 N–H and O–H groups in total. The summed E-state index contributed by atoms with van der Waals surface area (Å²) in [5.74, 6) is 0. The van der Waals surface area contributed by atoms with Gasteiger partial charge in [-0.3, -0.25) is 0 Å². The van der Waals surface area contributed by atoms with Crippen LogP contribution < -0.4 is 4.90 Å². The maximum Gasteiger partial charge on any atom is 0.0540 e. The minimum atomic E-state index is 1.10. The van der Waals surface area contributed by atoms with Gasteiger partial charge in [0.1, 0.15) is 0 Å². The smallest absolute Gasteiger partial charge is 0.0540 e. The van der Waals surface area contributed by atoms with Gasteiger partial charge in [-0.15, -0.1) is 0 Å². The van der Waals surface area contributed by atoms with Crippen molar-refractivity contribution in [1.29, 1.82) is 0 Å². The van der Waals surface area contributed by atoms with E-state index < -0.39 is 0 Å². The molecule has 0 unspecified atom stereocenters. The molecule has 198 valence electrons. The van der Waals surface area contributed by atoms with Gasteiger partial charge in [-0.05, 0) is 77.6 Å². The molecule has 1 nitrogen and oxygen atoms in total. The van der Waals surface area contributed by atoms with Gasteiger partial charge >= 0.3 is 0 Å². The first-order valence-corrected chi connectivity index (χ1v) is 14.1. The summed E-state index contributed by atoms with van der Waals surface area (Å²) in [6.45, 7) is 8.33. The second-order valence-electron chi connectivity index (χ2n) is 10.5. The van der Waals surface area contributed by atoms with Crippen LogP contribution >= 0.6 is 0 Å². The van der Waals surface area contributed by atoms with Gasteiger partial charge in [-0.25, -0.2) is 0 Å². The maximum atomic E-state index is 4.08. The first-order chi connectivity index (χ1) is 20.1. The Morgan fingerprint density at radius 1 is 0.439 bits per heavy atom. The summed E-state index contributed by atoms with van der Waals surface area (Å²) < 4.78 is 0. The van der Waals surface area contributed by atoms with Crippen molar-refractivity contribution in [3.63, 3.8) is 0 Å². The van der Waals surface area contributed by atoms with Crippen molar-refractivity contribution in [2.75, 3.05) is 4.90 Å². The Morgan fingerprint density at radius 3 is 1.29 bits per heavy atom. The van der Waals surface area contributed by atoms with Crippen LogP contribution in [0.5, 0.6) is 0 Å². The minimum absolute atomic E-state index is 1.10. The molecule has 0 aliphatic heterocycles. The number of hydrogen-bond donors (Lipinski definition) is 0. The molecule has 0 fully saturated rings. The normalized spacial score (nSPS) is 10.8. The summed E-state index contributed by atoms with van der Waals surface area (Å²) in [5, 5.41) is 0. The van der Waals surface area contributed by atoms with Gasteiger partial charge in [0, 0.05) is 16.9 Å². The van der Waals surface area contributed by atoms with Crippen molar-refractivity contribution >= 4 is 23.1 Å². The molecule has 41 heavy (non-hydrogen) atoms. The van der Waals surface area contributed by atoms with Crippen LogP contribution in [-0.4, -0.2) is 0 Å². The standard InChI is InChI=1S/C40H33N/c1-4-31-9-5-6-10-38(31)39-11-7-8-12-40(39)41(36-25-21-34(22-26-36)32-17-13-29(2)14-18-32)37-27-23-35(24-28-37)33-19-15-30(3)16-20-33/h4-28H,1H2,2-3H3. The third-order valence-electron chi connectivity index (χ3n) is 7.64. The monoisotopic (exact) mass is 527 g/mol. The first-order valence-electron chi connectivity index (χ1n) is 14.1. The van der Waals surface area contributed by atoms with E-state index >= 15 is 0 Å². The lowest BCUT2D eigenvalue weighted by molar-refractivity contribution is 1.28. The van der Waals surface area contributed by atoms with Gasteiger partial charge in [0.2, 0.25) is 0 Å². The fourth-order valence-corrected chi connectivity index (χ4v) is 5.34.